The van der Waals surface area contributed by atoms with E-state index in [1.54, 1.807) is 12.4 Å². The molecule has 0 radical (unpaired) electrons. The van der Waals surface area contributed by atoms with Gasteiger partial charge in [-0.1, -0.05) is 20.8 Å². The van der Waals surface area contributed by atoms with Gasteiger partial charge >= 0.3 is 0 Å². The smallest absolute Gasteiger partial charge is 0.227 e. The lowest BCUT2D eigenvalue weighted by Crippen LogP contribution is -2.24. The molecule has 1 unspecified atom stereocenters. The number of H-pyrrole nitrogens is 1. The lowest BCUT2D eigenvalue weighted by Gasteiger charge is -2.13. The highest BCUT2D eigenvalue weighted by atomic mass is 16.1. The minimum atomic E-state index is 0.0231. The molecule has 0 aliphatic rings. The van der Waals surface area contributed by atoms with Crippen LogP contribution in [0.5, 0.6) is 0 Å². The van der Waals surface area contributed by atoms with Crippen molar-refractivity contribution >= 4 is 11.6 Å². The fraction of sp³-hybridized carbons (Fsp3) is 0.556. The van der Waals surface area contributed by atoms with Crippen LogP contribution in [0.15, 0.2) is 12.4 Å². The third kappa shape index (κ3) is 2.57. The molecule has 1 heterocycles. The summed E-state index contributed by atoms with van der Waals surface area (Å²) in [6.45, 7) is 5.97. The molecule has 1 amide bonds. The monoisotopic (exact) mass is 181 g/mol. The predicted octanol–water partition coefficient (Wildman–Crippen LogP) is 1.64. The average molecular weight is 181 g/mol. The van der Waals surface area contributed by atoms with Crippen LogP contribution in [0.4, 0.5) is 5.69 Å². The lowest BCUT2D eigenvalue weighted by molar-refractivity contribution is -0.120. The summed E-state index contributed by atoms with van der Waals surface area (Å²) in [5.41, 5.74) is 0.720. The Labute approximate surface area is 77.7 Å². The summed E-state index contributed by atoms with van der Waals surface area (Å²) in [4.78, 5) is 11.5. The van der Waals surface area contributed by atoms with Gasteiger partial charge in [0, 0.05) is 12.1 Å². The van der Waals surface area contributed by atoms with Crippen LogP contribution in [0.3, 0.4) is 0 Å². The van der Waals surface area contributed by atoms with Crippen molar-refractivity contribution in [1.82, 2.24) is 10.2 Å². The first kappa shape index (κ1) is 9.77. The van der Waals surface area contributed by atoms with Gasteiger partial charge in [0.2, 0.25) is 5.91 Å². The topological polar surface area (TPSA) is 57.8 Å². The van der Waals surface area contributed by atoms with E-state index in [-0.39, 0.29) is 11.8 Å². The number of nitrogens with zero attached hydrogens (tertiary/aromatic N) is 1. The molecule has 1 rings (SSSR count). The molecule has 2 N–H and O–H groups in total. The minimum Gasteiger partial charge on any atom is -0.323 e. The number of carbonyl (C=O) groups is 1. The van der Waals surface area contributed by atoms with Gasteiger partial charge in [-0.25, -0.2) is 0 Å². The summed E-state index contributed by atoms with van der Waals surface area (Å²) >= 11 is 0. The van der Waals surface area contributed by atoms with E-state index >= 15 is 0 Å². The highest BCUT2D eigenvalue weighted by Crippen LogP contribution is 2.12. The zero-order valence-corrected chi connectivity index (χ0v) is 8.16. The zero-order chi connectivity index (χ0) is 9.84. The molecule has 0 bridgehead atoms. The van der Waals surface area contributed by atoms with Crippen LogP contribution in [0, 0.1) is 11.8 Å². The molecule has 0 saturated carbocycles. The highest BCUT2D eigenvalue weighted by Gasteiger charge is 2.16. The van der Waals surface area contributed by atoms with Crippen LogP contribution in [0.1, 0.15) is 20.8 Å². The van der Waals surface area contributed by atoms with E-state index in [0.29, 0.717) is 5.92 Å². The molecule has 13 heavy (non-hydrogen) atoms. The van der Waals surface area contributed by atoms with Gasteiger partial charge in [-0.3, -0.25) is 9.89 Å². The van der Waals surface area contributed by atoms with Gasteiger partial charge in [0.1, 0.15) is 0 Å². The van der Waals surface area contributed by atoms with Crippen LogP contribution in [-0.2, 0) is 4.79 Å². The van der Waals surface area contributed by atoms with E-state index in [9.17, 15) is 4.79 Å². The number of amides is 1. The maximum absolute atomic E-state index is 11.5. The van der Waals surface area contributed by atoms with Crippen molar-refractivity contribution in [1.29, 1.82) is 0 Å². The van der Waals surface area contributed by atoms with Crippen LogP contribution < -0.4 is 5.32 Å². The van der Waals surface area contributed by atoms with E-state index < -0.39 is 0 Å². The average Bonchev–Trinajstić information content (AvgIpc) is 2.55. The number of hydrogen-bond acceptors (Lipinski definition) is 2. The second-order valence-electron chi connectivity index (χ2n) is 3.51. The van der Waals surface area contributed by atoms with Crippen molar-refractivity contribution in [3.63, 3.8) is 0 Å². The molecule has 0 spiro atoms. The third-order valence-electron chi connectivity index (χ3n) is 2.18. The molecule has 0 saturated heterocycles. The van der Waals surface area contributed by atoms with Gasteiger partial charge in [-0.05, 0) is 5.92 Å². The van der Waals surface area contributed by atoms with E-state index in [1.807, 2.05) is 20.8 Å². The standard InChI is InChI=1S/C9H15N3O/c1-6(2)7(3)9(13)12-8-4-10-11-5-8/h4-7H,1-3H3,(H,10,11)(H,12,13). The van der Waals surface area contributed by atoms with Crippen molar-refractivity contribution < 1.29 is 4.79 Å². The SMILES string of the molecule is CC(C)C(C)C(=O)Nc1cn[nH]c1. The van der Waals surface area contributed by atoms with Crippen LogP contribution >= 0.6 is 0 Å². The van der Waals surface area contributed by atoms with Gasteiger partial charge in [0.15, 0.2) is 0 Å². The van der Waals surface area contributed by atoms with Gasteiger partial charge in [0.25, 0.3) is 0 Å². The second kappa shape index (κ2) is 4.07. The molecule has 4 heteroatoms. The number of hydrogen-bond donors (Lipinski definition) is 2. The van der Waals surface area contributed by atoms with Crippen LogP contribution in [0.2, 0.25) is 0 Å². The summed E-state index contributed by atoms with van der Waals surface area (Å²) in [6.07, 6.45) is 3.25. The van der Waals surface area contributed by atoms with E-state index in [2.05, 4.69) is 15.5 Å². The first-order valence-corrected chi connectivity index (χ1v) is 4.41. The summed E-state index contributed by atoms with van der Waals surface area (Å²) in [5.74, 6) is 0.415. The van der Waals surface area contributed by atoms with Gasteiger partial charge in [-0.2, -0.15) is 5.10 Å². The molecule has 1 aromatic heterocycles. The Morgan fingerprint density at radius 2 is 2.23 bits per heavy atom. The van der Waals surface area contributed by atoms with E-state index in [4.69, 9.17) is 0 Å². The number of aromatic nitrogens is 2. The Bertz CT molecular complexity index is 266. The number of anilines is 1. The fourth-order valence-electron chi connectivity index (χ4n) is 0.878. The van der Waals surface area contributed by atoms with Crippen molar-refractivity contribution in [2.45, 2.75) is 20.8 Å². The second-order valence-corrected chi connectivity index (χ2v) is 3.51. The van der Waals surface area contributed by atoms with Gasteiger partial charge in [0.05, 0.1) is 11.9 Å². The molecular formula is C9H15N3O. The van der Waals surface area contributed by atoms with Crippen molar-refractivity contribution in [3.05, 3.63) is 12.4 Å². The quantitative estimate of drug-likeness (QED) is 0.744. The fourth-order valence-corrected chi connectivity index (χ4v) is 0.878. The summed E-state index contributed by atoms with van der Waals surface area (Å²) in [6, 6.07) is 0. The first-order chi connectivity index (χ1) is 6.11. The summed E-state index contributed by atoms with van der Waals surface area (Å²) in [5, 5.41) is 9.15. The maximum Gasteiger partial charge on any atom is 0.227 e. The summed E-state index contributed by atoms with van der Waals surface area (Å²) < 4.78 is 0. The van der Waals surface area contributed by atoms with E-state index in [1.165, 1.54) is 0 Å². The Balaban J connectivity index is 2.51. The van der Waals surface area contributed by atoms with Crippen LogP contribution in [0.25, 0.3) is 0 Å². The van der Waals surface area contributed by atoms with Crippen molar-refractivity contribution in [2.24, 2.45) is 11.8 Å². The number of rotatable bonds is 3. The van der Waals surface area contributed by atoms with Crippen LogP contribution in [-0.4, -0.2) is 16.1 Å². The molecule has 0 aliphatic heterocycles. The molecule has 0 fully saturated rings. The molecule has 4 nitrogen and oxygen atoms in total. The normalized spacial score (nSPS) is 12.9. The maximum atomic E-state index is 11.5. The Morgan fingerprint density at radius 3 is 2.69 bits per heavy atom. The molecule has 1 atom stereocenters. The number of carbonyl (C=O) groups excluding carboxylic acids is 1. The van der Waals surface area contributed by atoms with E-state index in [0.717, 1.165) is 5.69 Å². The van der Waals surface area contributed by atoms with Gasteiger partial charge < -0.3 is 5.32 Å². The highest BCUT2D eigenvalue weighted by molar-refractivity contribution is 5.92. The third-order valence-corrected chi connectivity index (χ3v) is 2.18. The Kier molecular flexibility index (Phi) is 3.06. The molecule has 0 aliphatic carbocycles. The molecule has 1 aromatic rings. The Hall–Kier alpha value is -1.32. The summed E-state index contributed by atoms with van der Waals surface area (Å²) in [7, 11) is 0. The number of aromatic amines is 1. The predicted molar refractivity (Wildman–Crippen MR) is 51.2 cm³/mol. The first-order valence-electron chi connectivity index (χ1n) is 4.41. The van der Waals surface area contributed by atoms with Crippen molar-refractivity contribution in [2.75, 3.05) is 5.32 Å². The molecule has 0 aromatic carbocycles. The van der Waals surface area contributed by atoms with Crippen molar-refractivity contribution in [3.8, 4) is 0 Å². The van der Waals surface area contributed by atoms with Gasteiger partial charge in [-0.15, -0.1) is 0 Å². The molecular weight excluding hydrogens is 166 g/mol. The minimum absolute atomic E-state index is 0.0231. The lowest BCUT2D eigenvalue weighted by atomic mass is 9.97. The number of nitrogens with one attached hydrogen (secondary N) is 2. The Morgan fingerprint density at radius 1 is 1.54 bits per heavy atom. The molecule has 72 valence electrons. The zero-order valence-electron chi connectivity index (χ0n) is 8.16. The largest absolute Gasteiger partial charge is 0.323 e.